The smallest absolute Gasteiger partial charge is 0.251 e. The summed E-state index contributed by atoms with van der Waals surface area (Å²) in [5, 5.41) is 3.16. The van der Waals surface area contributed by atoms with Crippen LogP contribution in [0, 0.1) is 5.92 Å². The molecule has 2 fully saturated rings. The van der Waals surface area contributed by atoms with E-state index in [1.807, 2.05) is 29.2 Å². The average Bonchev–Trinajstić information content (AvgIpc) is 2.73. The minimum Gasteiger partial charge on any atom is -0.349 e. The van der Waals surface area contributed by atoms with E-state index in [4.69, 9.17) is 0 Å². The predicted octanol–water partition coefficient (Wildman–Crippen LogP) is 5.07. The Bertz CT molecular complexity index is 676. The molecule has 3 rings (SSSR count). The van der Waals surface area contributed by atoms with Crippen LogP contribution in [0.1, 0.15) is 94.5 Å². The van der Waals surface area contributed by atoms with E-state index in [-0.39, 0.29) is 17.4 Å². The number of hydrogen-bond acceptors (Lipinski definition) is 2. The van der Waals surface area contributed by atoms with Crippen molar-refractivity contribution in [2.45, 2.75) is 90.0 Å². The van der Waals surface area contributed by atoms with Gasteiger partial charge in [-0.25, -0.2) is 0 Å². The van der Waals surface area contributed by atoms with Crippen molar-refractivity contribution >= 4 is 11.8 Å². The van der Waals surface area contributed by atoms with Crippen molar-refractivity contribution in [3.63, 3.8) is 0 Å². The number of amides is 2. The Morgan fingerprint density at radius 2 is 1.59 bits per heavy atom. The molecule has 2 aliphatic rings. The quantitative estimate of drug-likeness (QED) is 0.753. The van der Waals surface area contributed by atoms with E-state index in [2.05, 4.69) is 26.1 Å². The third-order valence-corrected chi connectivity index (χ3v) is 6.69. The van der Waals surface area contributed by atoms with Crippen molar-refractivity contribution in [2.75, 3.05) is 13.1 Å². The molecule has 1 heterocycles. The summed E-state index contributed by atoms with van der Waals surface area (Å²) in [6.07, 6.45) is 10.1. The second-order valence-electron chi connectivity index (χ2n) is 10.00. The lowest BCUT2D eigenvalue weighted by atomic mass is 9.86. The van der Waals surface area contributed by atoms with Crippen LogP contribution in [0.4, 0.5) is 0 Å². The molecular weight excluding hydrogens is 360 g/mol. The lowest BCUT2D eigenvalue weighted by Crippen LogP contribution is -2.46. The van der Waals surface area contributed by atoms with Gasteiger partial charge in [0.2, 0.25) is 5.91 Å². The largest absolute Gasteiger partial charge is 0.349 e. The number of likely N-dealkylation sites (tertiary alicyclic amines) is 1. The van der Waals surface area contributed by atoms with Crippen LogP contribution in [-0.2, 0) is 10.2 Å². The Morgan fingerprint density at radius 3 is 2.17 bits per heavy atom. The average molecular weight is 399 g/mol. The molecule has 1 N–H and O–H groups in total. The third-order valence-electron chi connectivity index (χ3n) is 6.69. The summed E-state index contributed by atoms with van der Waals surface area (Å²) < 4.78 is 0. The Labute approximate surface area is 176 Å². The molecule has 4 nitrogen and oxygen atoms in total. The monoisotopic (exact) mass is 398 g/mol. The molecular formula is C25H38N2O2. The zero-order valence-electron chi connectivity index (χ0n) is 18.5. The summed E-state index contributed by atoms with van der Waals surface area (Å²) >= 11 is 0. The topological polar surface area (TPSA) is 49.4 Å². The maximum absolute atomic E-state index is 12.6. The molecule has 0 spiro atoms. The zero-order valence-corrected chi connectivity index (χ0v) is 18.5. The number of rotatable bonds is 5. The van der Waals surface area contributed by atoms with E-state index in [0.717, 1.165) is 38.3 Å². The second kappa shape index (κ2) is 9.77. The number of carbonyl (C=O) groups is 2. The van der Waals surface area contributed by atoms with Crippen molar-refractivity contribution in [3.8, 4) is 0 Å². The minimum atomic E-state index is -0.00691. The fourth-order valence-electron chi connectivity index (χ4n) is 4.63. The van der Waals surface area contributed by atoms with Crippen LogP contribution in [0.25, 0.3) is 0 Å². The lowest BCUT2D eigenvalue weighted by molar-refractivity contribution is -0.132. The Morgan fingerprint density at radius 1 is 0.966 bits per heavy atom. The summed E-state index contributed by atoms with van der Waals surface area (Å²) in [6.45, 7) is 8.04. The molecule has 4 heteroatoms. The van der Waals surface area contributed by atoms with Crippen molar-refractivity contribution < 1.29 is 9.59 Å². The first-order valence-electron chi connectivity index (χ1n) is 11.5. The molecule has 0 atom stereocenters. The van der Waals surface area contributed by atoms with Gasteiger partial charge in [-0.15, -0.1) is 0 Å². The van der Waals surface area contributed by atoms with Gasteiger partial charge in [0.1, 0.15) is 0 Å². The molecule has 0 bridgehead atoms. The van der Waals surface area contributed by atoms with Gasteiger partial charge in [0.15, 0.2) is 0 Å². The molecule has 1 aliphatic carbocycles. The molecule has 2 amide bonds. The molecule has 0 radical (unpaired) electrons. The van der Waals surface area contributed by atoms with Gasteiger partial charge in [0.25, 0.3) is 5.91 Å². The van der Waals surface area contributed by atoms with Gasteiger partial charge >= 0.3 is 0 Å². The van der Waals surface area contributed by atoms with Crippen molar-refractivity contribution in [3.05, 3.63) is 35.4 Å². The van der Waals surface area contributed by atoms with Crippen LogP contribution >= 0.6 is 0 Å². The summed E-state index contributed by atoms with van der Waals surface area (Å²) in [7, 11) is 0. The van der Waals surface area contributed by atoms with Crippen LogP contribution in [0.5, 0.6) is 0 Å². The second-order valence-corrected chi connectivity index (χ2v) is 10.00. The fraction of sp³-hybridized carbons (Fsp3) is 0.680. The minimum absolute atomic E-state index is 0.00691. The van der Waals surface area contributed by atoms with Crippen molar-refractivity contribution in [2.24, 2.45) is 5.92 Å². The maximum atomic E-state index is 12.6. The maximum Gasteiger partial charge on any atom is 0.251 e. The van der Waals surface area contributed by atoms with Gasteiger partial charge in [0, 0.05) is 31.1 Å². The molecule has 1 aliphatic heterocycles. The number of nitrogens with zero attached hydrogens (tertiary/aromatic N) is 1. The van der Waals surface area contributed by atoms with Crippen LogP contribution < -0.4 is 5.32 Å². The van der Waals surface area contributed by atoms with Crippen LogP contribution in [0.2, 0.25) is 0 Å². The van der Waals surface area contributed by atoms with Gasteiger partial charge in [-0.3, -0.25) is 9.59 Å². The molecule has 0 unspecified atom stereocenters. The molecule has 160 valence electrons. The van der Waals surface area contributed by atoms with Crippen LogP contribution in [0.15, 0.2) is 24.3 Å². The SMILES string of the molecule is CC(C)(C)c1ccc(C(=O)NC2CCN(C(=O)CCC3CCCCC3)CC2)cc1. The standard InChI is InChI=1S/C25H38N2O2/c1-25(2,3)21-12-10-20(11-13-21)24(29)26-22-15-17-27(18-16-22)23(28)14-9-19-7-5-4-6-8-19/h10-13,19,22H,4-9,14-18H2,1-3H3,(H,26,29). The first-order valence-corrected chi connectivity index (χ1v) is 11.5. The molecule has 29 heavy (non-hydrogen) atoms. The van der Waals surface area contributed by atoms with E-state index in [9.17, 15) is 9.59 Å². The number of piperidine rings is 1. The van der Waals surface area contributed by atoms with E-state index in [1.165, 1.54) is 37.7 Å². The van der Waals surface area contributed by atoms with Crippen LogP contribution in [-0.4, -0.2) is 35.8 Å². The van der Waals surface area contributed by atoms with Crippen LogP contribution in [0.3, 0.4) is 0 Å². The number of hydrogen-bond donors (Lipinski definition) is 1. The first kappa shape index (κ1) is 21.9. The van der Waals surface area contributed by atoms with Gasteiger partial charge in [-0.05, 0) is 48.3 Å². The highest BCUT2D eigenvalue weighted by atomic mass is 16.2. The Hall–Kier alpha value is -1.84. The van der Waals surface area contributed by atoms with Gasteiger partial charge in [-0.2, -0.15) is 0 Å². The summed E-state index contributed by atoms with van der Waals surface area (Å²) in [6, 6.07) is 8.08. The summed E-state index contributed by atoms with van der Waals surface area (Å²) in [5.41, 5.74) is 2.03. The highest BCUT2D eigenvalue weighted by Crippen LogP contribution is 2.28. The van der Waals surface area contributed by atoms with Gasteiger partial charge < -0.3 is 10.2 Å². The molecule has 0 aromatic heterocycles. The first-order chi connectivity index (χ1) is 13.8. The van der Waals surface area contributed by atoms with E-state index in [1.54, 1.807) is 0 Å². The van der Waals surface area contributed by atoms with E-state index >= 15 is 0 Å². The van der Waals surface area contributed by atoms with Crippen molar-refractivity contribution in [1.82, 2.24) is 10.2 Å². The Kier molecular flexibility index (Phi) is 7.37. The zero-order chi connectivity index (χ0) is 20.9. The van der Waals surface area contributed by atoms with E-state index in [0.29, 0.717) is 17.9 Å². The van der Waals surface area contributed by atoms with Gasteiger partial charge in [-0.1, -0.05) is 65.0 Å². The molecule has 1 aromatic carbocycles. The van der Waals surface area contributed by atoms with E-state index < -0.39 is 0 Å². The van der Waals surface area contributed by atoms with Gasteiger partial charge in [0.05, 0.1) is 0 Å². The molecule has 1 aromatic rings. The Balaban J connectivity index is 1.40. The normalized spacial score (nSPS) is 19.2. The summed E-state index contributed by atoms with van der Waals surface area (Å²) in [4.78, 5) is 27.1. The third kappa shape index (κ3) is 6.32. The highest BCUT2D eigenvalue weighted by molar-refractivity contribution is 5.94. The molecule has 1 saturated carbocycles. The number of carbonyl (C=O) groups excluding carboxylic acids is 2. The predicted molar refractivity (Wildman–Crippen MR) is 118 cm³/mol. The summed E-state index contributed by atoms with van der Waals surface area (Å²) in [5.74, 6) is 1.06. The fourth-order valence-corrected chi connectivity index (χ4v) is 4.63. The number of nitrogens with one attached hydrogen (secondary N) is 1. The highest BCUT2D eigenvalue weighted by Gasteiger charge is 2.25. The number of benzene rings is 1. The molecule has 1 saturated heterocycles. The lowest BCUT2D eigenvalue weighted by Gasteiger charge is -2.33. The van der Waals surface area contributed by atoms with Crippen molar-refractivity contribution in [1.29, 1.82) is 0 Å².